The van der Waals surface area contributed by atoms with Crippen molar-refractivity contribution in [2.75, 3.05) is 13.1 Å². The van der Waals surface area contributed by atoms with E-state index in [9.17, 15) is 0 Å². The van der Waals surface area contributed by atoms with Gasteiger partial charge in [-0.05, 0) is 37.0 Å². The lowest BCUT2D eigenvalue weighted by Crippen LogP contribution is -2.41. The summed E-state index contributed by atoms with van der Waals surface area (Å²) >= 11 is 5.11. The summed E-state index contributed by atoms with van der Waals surface area (Å²) in [7, 11) is 0. The van der Waals surface area contributed by atoms with Gasteiger partial charge in [-0.25, -0.2) is 0 Å². The first kappa shape index (κ1) is 15.9. The minimum atomic E-state index is 0.420. The molecule has 1 rings (SSSR count). The highest BCUT2D eigenvalue weighted by Gasteiger charge is 2.44. The molecule has 0 aromatic heterocycles. The average Bonchev–Trinajstić information content (AvgIpc) is 2.97. The van der Waals surface area contributed by atoms with Gasteiger partial charge in [0.05, 0.1) is 4.99 Å². The van der Waals surface area contributed by atoms with Crippen molar-refractivity contribution in [3.05, 3.63) is 0 Å². The smallest absolute Gasteiger partial charge is 0.0733 e. The third-order valence-corrected chi connectivity index (χ3v) is 4.25. The fraction of sp³-hybridized carbons (Fsp3) is 0.933. The Morgan fingerprint density at radius 1 is 1.28 bits per heavy atom. The molecule has 0 unspecified atom stereocenters. The van der Waals surface area contributed by atoms with Crippen molar-refractivity contribution >= 4 is 17.2 Å². The van der Waals surface area contributed by atoms with Crippen LogP contribution in [0.2, 0.25) is 0 Å². The number of nitrogens with two attached hydrogens (primary N) is 1. The molecular weight excluding hydrogens is 240 g/mol. The molecule has 0 spiro atoms. The second kappa shape index (κ2) is 6.85. The van der Waals surface area contributed by atoms with Crippen molar-refractivity contribution in [3.8, 4) is 0 Å². The molecule has 1 aliphatic rings. The Morgan fingerprint density at radius 2 is 1.83 bits per heavy atom. The Kier molecular flexibility index (Phi) is 6.06. The number of nitrogens with zero attached hydrogens (tertiary/aromatic N) is 1. The van der Waals surface area contributed by atoms with Crippen molar-refractivity contribution in [1.29, 1.82) is 0 Å². The Morgan fingerprint density at radius 3 is 2.17 bits per heavy atom. The topological polar surface area (TPSA) is 29.3 Å². The third kappa shape index (κ3) is 4.85. The molecule has 1 fully saturated rings. The van der Waals surface area contributed by atoms with Gasteiger partial charge in [-0.3, -0.25) is 4.90 Å². The molecule has 1 aliphatic carbocycles. The molecule has 0 radical (unpaired) electrons. The molecule has 2 nitrogen and oxygen atoms in total. The first-order valence-corrected chi connectivity index (χ1v) is 7.85. The number of hydrogen-bond donors (Lipinski definition) is 1. The van der Waals surface area contributed by atoms with Gasteiger partial charge < -0.3 is 5.73 Å². The second-order valence-electron chi connectivity index (χ2n) is 6.44. The predicted molar refractivity (Wildman–Crippen MR) is 83.9 cm³/mol. The van der Waals surface area contributed by atoms with E-state index < -0.39 is 0 Å². The Bertz CT molecular complexity index is 268. The van der Waals surface area contributed by atoms with E-state index in [-0.39, 0.29) is 0 Å². The Hall–Kier alpha value is -0.150. The monoisotopic (exact) mass is 270 g/mol. The van der Waals surface area contributed by atoms with Crippen LogP contribution in [0.1, 0.15) is 59.8 Å². The lowest BCUT2D eigenvalue weighted by Gasteiger charge is -2.35. The molecule has 0 aliphatic heterocycles. The van der Waals surface area contributed by atoms with Crippen molar-refractivity contribution in [2.24, 2.45) is 17.1 Å². The molecule has 106 valence electrons. The molecule has 3 heteroatoms. The predicted octanol–water partition coefficient (Wildman–Crippen LogP) is 3.59. The Balaban J connectivity index is 2.63. The summed E-state index contributed by atoms with van der Waals surface area (Å²) in [4.78, 5) is 3.39. The summed E-state index contributed by atoms with van der Waals surface area (Å²) in [6.45, 7) is 11.6. The van der Waals surface area contributed by atoms with Crippen LogP contribution in [0.3, 0.4) is 0 Å². The summed E-state index contributed by atoms with van der Waals surface area (Å²) in [6.07, 6.45) is 6.04. The molecule has 18 heavy (non-hydrogen) atoms. The van der Waals surface area contributed by atoms with E-state index in [2.05, 4.69) is 32.6 Å². The number of rotatable bonds is 9. The third-order valence-electron chi connectivity index (χ3n) is 4.10. The lowest BCUT2D eigenvalue weighted by atomic mass is 9.98. The number of thiocarbonyl (C=S) groups is 1. The van der Waals surface area contributed by atoms with E-state index in [1.807, 2.05) is 0 Å². The molecule has 2 N–H and O–H groups in total. The molecule has 0 bridgehead atoms. The highest BCUT2D eigenvalue weighted by atomic mass is 32.1. The quantitative estimate of drug-likeness (QED) is 0.649. The standard InChI is InChI=1S/C15H30N2S/c1-5-13(6-2)17(10-12(3)4)11-15(7-8-15)9-14(16)18/h12-13H,5-11H2,1-4H3,(H2,16,18). The zero-order valence-electron chi connectivity index (χ0n) is 12.5. The van der Waals surface area contributed by atoms with Crippen LogP contribution in [0, 0.1) is 11.3 Å². The van der Waals surface area contributed by atoms with E-state index >= 15 is 0 Å². The van der Waals surface area contributed by atoms with Gasteiger partial charge >= 0.3 is 0 Å². The fourth-order valence-electron chi connectivity index (χ4n) is 2.98. The molecule has 0 aromatic rings. The zero-order chi connectivity index (χ0) is 13.8. The van der Waals surface area contributed by atoms with Gasteiger partial charge in [-0.2, -0.15) is 0 Å². The maximum absolute atomic E-state index is 5.75. The van der Waals surface area contributed by atoms with Crippen molar-refractivity contribution in [3.63, 3.8) is 0 Å². The van der Waals surface area contributed by atoms with E-state index in [0.29, 0.717) is 10.4 Å². The van der Waals surface area contributed by atoms with E-state index in [0.717, 1.165) is 18.4 Å². The van der Waals surface area contributed by atoms with E-state index in [1.54, 1.807) is 0 Å². The van der Waals surface area contributed by atoms with Gasteiger partial charge in [0, 0.05) is 25.6 Å². The van der Waals surface area contributed by atoms with E-state index in [4.69, 9.17) is 18.0 Å². The van der Waals surface area contributed by atoms with Gasteiger partial charge in [0.15, 0.2) is 0 Å². The van der Waals surface area contributed by atoms with Crippen LogP contribution in [-0.4, -0.2) is 29.0 Å². The van der Waals surface area contributed by atoms with Crippen LogP contribution in [0.25, 0.3) is 0 Å². The zero-order valence-corrected chi connectivity index (χ0v) is 13.4. The maximum atomic E-state index is 5.75. The van der Waals surface area contributed by atoms with Crippen molar-refractivity contribution < 1.29 is 0 Å². The molecule has 0 atom stereocenters. The van der Waals surface area contributed by atoms with Crippen LogP contribution in [-0.2, 0) is 0 Å². The minimum Gasteiger partial charge on any atom is -0.393 e. The molecule has 0 amide bonds. The maximum Gasteiger partial charge on any atom is 0.0733 e. The molecular formula is C15H30N2S. The number of hydrogen-bond acceptors (Lipinski definition) is 2. The van der Waals surface area contributed by atoms with Gasteiger partial charge in [-0.15, -0.1) is 0 Å². The average molecular weight is 270 g/mol. The summed E-state index contributed by atoms with van der Waals surface area (Å²) in [5, 5.41) is 0. The van der Waals surface area contributed by atoms with Crippen LogP contribution in [0.5, 0.6) is 0 Å². The molecule has 0 aromatic carbocycles. The fourth-order valence-corrected chi connectivity index (χ4v) is 3.29. The summed E-state index contributed by atoms with van der Waals surface area (Å²) < 4.78 is 0. The SMILES string of the molecule is CCC(CC)N(CC(C)C)CC1(CC(N)=S)CC1. The highest BCUT2D eigenvalue weighted by Crippen LogP contribution is 2.49. The second-order valence-corrected chi connectivity index (χ2v) is 6.96. The van der Waals surface area contributed by atoms with Crippen LogP contribution in [0.15, 0.2) is 0 Å². The lowest BCUT2D eigenvalue weighted by molar-refractivity contribution is 0.135. The van der Waals surface area contributed by atoms with E-state index in [1.165, 1.54) is 38.8 Å². The molecule has 0 saturated heterocycles. The summed E-state index contributed by atoms with van der Waals surface area (Å²) in [6, 6.07) is 0.719. The minimum absolute atomic E-state index is 0.420. The molecule has 1 saturated carbocycles. The summed E-state index contributed by atoms with van der Waals surface area (Å²) in [5.41, 5.74) is 6.17. The van der Waals surface area contributed by atoms with Gasteiger partial charge in [-0.1, -0.05) is 39.9 Å². The van der Waals surface area contributed by atoms with Crippen LogP contribution in [0.4, 0.5) is 0 Å². The largest absolute Gasteiger partial charge is 0.393 e. The van der Waals surface area contributed by atoms with Crippen LogP contribution < -0.4 is 5.73 Å². The van der Waals surface area contributed by atoms with Crippen molar-refractivity contribution in [1.82, 2.24) is 4.90 Å². The molecule has 0 heterocycles. The highest BCUT2D eigenvalue weighted by molar-refractivity contribution is 7.80. The van der Waals surface area contributed by atoms with Crippen molar-refractivity contribution in [2.45, 2.75) is 65.8 Å². The first-order chi connectivity index (χ1) is 8.42. The first-order valence-electron chi connectivity index (χ1n) is 7.44. The summed E-state index contributed by atoms with van der Waals surface area (Å²) in [5.74, 6) is 0.728. The Labute approximate surface area is 118 Å². The van der Waals surface area contributed by atoms with Gasteiger partial charge in [0.25, 0.3) is 0 Å². The van der Waals surface area contributed by atoms with Gasteiger partial charge in [0.1, 0.15) is 0 Å². The van der Waals surface area contributed by atoms with Gasteiger partial charge in [0.2, 0.25) is 0 Å². The van der Waals surface area contributed by atoms with Crippen LogP contribution >= 0.6 is 12.2 Å². The normalized spacial score (nSPS) is 17.7.